The van der Waals surface area contributed by atoms with Gasteiger partial charge in [0.15, 0.2) is 5.82 Å². The lowest BCUT2D eigenvalue weighted by Crippen LogP contribution is -2.36. The second kappa shape index (κ2) is 6.10. The summed E-state index contributed by atoms with van der Waals surface area (Å²) in [4.78, 5) is 15.7. The van der Waals surface area contributed by atoms with Crippen LogP contribution in [-0.2, 0) is 4.74 Å². The Morgan fingerprint density at radius 3 is 2.65 bits per heavy atom. The van der Waals surface area contributed by atoms with Gasteiger partial charge in [-0.2, -0.15) is 0 Å². The van der Waals surface area contributed by atoms with Gasteiger partial charge >= 0.3 is 0 Å². The number of rotatable bonds is 2. The minimum atomic E-state index is 0.629. The molecule has 4 rings (SSSR count). The van der Waals surface area contributed by atoms with Crippen molar-refractivity contribution in [1.29, 1.82) is 0 Å². The van der Waals surface area contributed by atoms with E-state index in [0.29, 0.717) is 10.8 Å². The molecule has 0 amide bonds. The predicted octanol–water partition coefficient (Wildman–Crippen LogP) is 3.18. The highest BCUT2D eigenvalue weighted by molar-refractivity contribution is 6.35. The Kier molecular flexibility index (Phi) is 3.81. The van der Waals surface area contributed by atoms with Crippen molar-refractivity contribution in [3.63, 3.8) is 0 Å². The van der Waals surface area contributed by atoms with E-state index in [1.54, 1.807) is 6.20 Å². The summed E-state index contributed by atoms with van der Waals surface area (Å²) in [5.74, 6) is 1.59. The summed E-state index contributed by atoms with van der Waals surface area (Å²) in [5, 5.41) is 1.56. The summed E-state index contributed by atoms with van der Waals surface area (Å²) in [6, 6.07) is 9.67. The van der Waals surface area contributed by atoms with Crippen LogP contribution in [0, 0.1) is 0 Å². The van der Waals surface area contributed by atoms with Gasteiger partial charge in [-0.05, 0) is 18.2 Å². The monoisotopic (exact) mass is 326 g/mol. The molecule has 2 aromatic heterocycles. The van der Waals surface area contributed by atoms with Crippen molar-refractivity contribution in [3.8, 4) is 11.4 Å². The number of aromatic nitrogens is 3. The lowest BCUT2D eigenvalue weighted by Gasteiger charge is -2.27. The number of hydrogen-bond acceptors (Lipinski definition) is 5. The first kappa shape index (κ1) is 14.4. The Hall–Kier alpha value is -2.24. The molecule has 116 valence electrons. The maximum Gasteiger partial charge on any atom is 0.161 e. The second-order valence-corrected chi connectivity index (χ2v) is 5.78. The van der Waals surface area contributed by atoms with Crippen LogP contribution >= 0.6 is 11.6 Å². The lowest BCUT2D eigenvalue weighted by atomic mass is 10.2. The van der Waals surface area contributed by atoms with Gasteiger partial charge in [-0.15, -0.1) is 0 Å². The topological polar surface area (TPSA) is 51.1 Å². The number of benzene rings is 1. The van der Waals surface area contributed by atoms with Crippen LogP contribution in [0.5, 0.6) is 0 Å². The Bertz CT molecular complexity index is 832. The van der Waals surface area contributed by atoms with E-state index in [2.05, 4.69) is 19.9 Å². The van der Waals surface area contributed by atoms with Crippen molar-refractivity contribution in [3.05, 3.63) is 47.7 Å². The van der Waals surface area contributed by atoms with E-state index >= 15 is 0 Å². The first-order valence-corrected chi connectivity index (χ1v) is 7.89. The first-order valence-electron chi connectivity index (χ1n) is 7.52. The van der Waals surface area contributed by atoms with Gasteiger partial charge in [0, 0.05) is 36.4 Å². The van der Waals surface area contributed by atoms with Gasteiger partial charge in [0.05, 0.1) is 23.8 Å². The molecule has 0 bridgehead atoms. The predicted molar refractivity (Wildman–Crippen MR) is 90.8 cm³/mol. The van der Waals surface area contributed by atoms with E-state index < -0.39 is 0 Å². The maximum atomic E-state index is 6.22. The van der Waals surface area contributed by atoms with Gasteiger partial charge in [0.25, 0.3) is 0 Å². The molecule has 5 nitrogen and oxygen atoms in total. The van der Waals surface area contributed by atoms with E-state index in [9.17, 15) is 0 Å². The normalized spacial score (nSPS) is 15.1. The average molecular weight is 327 g/mol. The standard InChI is InChI=1S/C17H15ClN4O/c18-14-3-1-2-12-10-20-17(21-16(12)14)13-4-5-15(19-11-13)22-6-8-23-9-7-22/h1-5,10-11H,6-9H2. The van der Waals surface area contributed by atoms with Crippen LogP contribution in [0.25, 0.3) is 22.3 Å². The Balaban J connectivity index is 1.66. The fourth-order valence-electron chi connectivity index (χ4n) is 2.66. The molecule has 1 aliphatic heterocycles. The molecule has 0 radical (unpaired) electrons. The van der Waals surface area contributed by atoms with Crippen LogP contribution in [0.1, 0.15) is 0 Å². The summed E-state index contributed by atoms with van der Waals surface area (Å²) in [7, 11) is 0. The third-order valence-corrected chi connectivity index (χ3v) is 4.21. The van der Waals surface area contributed by atoms with Crippen molar-refractivity contribution in [1.82, 2.24) is 15.0 Å². The highest BCUT2D eigenvalue weighted by Crippen LogP contribution is 2.24. The smallest absolute Gasteiger partial charge is 0.161 e. The Labute approximate surface area is 138 Å². The molecule has 0 aliphatic carbocycles. The fourth-order valence-corrected chi connectivity index (χ4v) is 2.88. The van der Waals surface area contributed by atoms with E-state index in [1.807, 2.05) is 36.5 Å². The molecule has 0 atom stereocenters. The zero-order chi connectivity index (χ0) is 15.6. The molecular weight excluding hydrogens is 312 g/mol. The van der Waals surface area contributed by atoms with Crippen LogP contribution in [0.15, 0.2) is 42.7 Å². The van der Waals surface area contributed by atoms with E-state index in [-0.39, 0.29) is 0 Å². The summed E-state index contributed by atoms with van der Waals surface area (Å²) in [6.07, 6.45) is 3.60. The number of anilines is 1. The van der Waals surface area contributed by atoms with Crippen LogP contribution in [0.2, 0.25) is 5.02 Å². The van der Waals surface area contributed by atoms with Crippen LogP contribution in [-0.4, -0.2) is 41.3 Å². The highest BCUT2D eigenvalue weighted by Gasteiger charge is 2.13. The number of para-hydroxylation sites is 1. The fraction of sp³-hybridized carbons (Fsp3) is 0.235. The average Bonchev–Trinajstić information content (AvgIpc) is 2.63. The van der Waals surface area contributed by atoms with Crippen molar-refractivity contribution in [2.45, 2.75) is 0 Å². The molecule has 0 unspecified atom stereocenters. The van der Waals surface area contributed by atoms with Gasteiger partial charge in [-0.1, -0.05) is 23.7 Å². The quantitative estimate of drug-likeness (QED) is 0.724. The third kappa shape index (κ3) is 2.85. The third-order valence-electron chi connectivity index (χ3n) is 3.90. The SMILES string of the molecule is Clc1cccc2cnc(-c3ccc(N4CCOCC4)nc3)nc12. The summed E-state index contributed by atoms with van der Waals surface area (Å²) < 4.78 is 5.36. The molecule has 1 saturated heterocycles. The van der Waals surface area contributed by atoms with Crippen LogP contribution in [0.4, 0.5) is 5.82 Å². The number of halogens is 1. The molecule has 0 spiro atoms. The molecule has 1 aromatic carbocycles. The first-order chi connectivity index (χ1) is 11.3. The number of morpholine rings is 1. The lowest BCUT2D eigenvalue weighted by molar-refractivity contribution is 0.122. The van der Waals surface area contributed by atoms with Crippen molar-refractivity contribution < 1.29 is 4.74 Å². The molecule has 1 aliphatic rings. The molecule has 6 heteroatoms. The van der Waals surface area contributed by atoms with Crippen LogP contribution < -0.4 is 4.90 Å². The van der Waals surface area contributed by atoms with E-state index in [4.69, 9.17) is 16.3 Å². The summed E-state index contributed by atoms with van der Waals surface area (Å²) >= 11 is 6.22. The molecule has 1 fully saturated rings. The van der Waals surface area contributed by atoms with E-state index in [0.717, 1.165) is 48.6 Å². The van der Waals surface area contributed by atoms with Crippen LogP contribution in [0.3, 0.4) is 0 Å². The molecule has 0 N–H and O–H groups in total. The number of pyridine rings is 1. The van der Waals surface area contributed by atoms with Gasteiger partial charge in [-0.25, -0.2) is 15.0 Å². The number of nitrogens with zero attached hydrogens (tertiary/aromatic N) is 4. The van der Waals surface area contributed by atoms with Gasteiger partial charge in [0.1, 0.15) is 5.82 Å². The number of hydrogen-bond donors (Lipinski definition) is 0. The zero-order valence-electron chi connectivity index (χ0n) is 12.4. The van der Waals surface area contributed by atoms with Crippen molar-refractivity contribution >= 4 is 28.3 Å². The van der Waals surface area contributed by atoms with E-state index in [1.165, 1.54) is 0 Å². The summed E-state index contributed by atoms with van der Waals surface area (Å²) in [6.45, 7) is 3.23. The minimum Gasteiger partial charge on any atom is -0.378 e. The minimum absolute atomic E-state index is 0.629. The van der Waals surface area contributed by atoms with Gasteiger partial charge in [-0.3, -0.25) is 0 Å². The number of ether oxygens (including phenoxy) is 1. The highest BCUT2D eigenvalue weighted by atomic mass is 35.5. The largest absolute Gasteiger partial charge is 0.378 e. The number of fused-ring (bicyclic) bond motifs is 1. The molecule has 23 heavy (non-hydrogen) atoms. The van der Waals surface area contributed by atoms with Gasteiger partial charge < -0.3 is 9.64 Å². The maximum absolute atomic E-state index is 6.22. The summed E-state index contributed by atoms with van der Waals surface area (Å²) in [5.41, 5.74) is 1.64. The molecule has 0 saturated carbocycles. The molecule has 3 aromatic rings. The Morgan fingerprint density at radius 1 is 1.00 bits per heavy atom. The van der Waals surface area contributed by atoms with Gasteiger partial charge in [0.2, 0.25) is 0 Å². The molecular formula is C17H15ClN4O. The molecule has 3 heterocycles. The van der Waals surface area contributed by atoms with Crippen molar-refractivity contribution in [2.75, 3.05) is 31.2 Å². The zero-order valence-corrected chi connectivity index (χ0v) is 13.2. The van der Waals surface area contributed by atoms with Crippen molar-refractivity contribution in [2.24, 2.45) is 0 Å². The second-order valence-electron chi connectivity index (χ2n) is 5.38. The Morgan fingerprint density at radius 2 is 1.87 bits per heavy atom.